The van der Waals surface area contributed by atoms with Crippen LogP contribution in [0, 0.1) is 5.92 Å². The number of unbranched alkanes of at least 4 members (excludes halogenated alkanes) is 1. The molecular formula is C29H40N4O2. The second kappa shape index (κ2) is 11.8. The molecule has 1 N–H and O–H groups in total. The van der Waals surface area contributed by atoms with Crippen LogP contribution in [-0.4, -0.2) is 64.4 Å². The minimum atomic E-state index is -0.736. The Balaban J connectivity index is 1.37. The second-order valence-electron chi connectivity index (χ2n) is 10.5. The predicted octanol–water partition coefficient (Wildman–Crippen LogP) is 3.85. The average Bonchev–Trinajstić information content (AvgIpc) is 2.87. The van der Waals surface area contributed by atoms with Gasteiger partial charge in [0, 0.05) is 37.9 Å². The minimum Gasteiger partial charge on any atom is -0.342 e. The fraction of sp³-hybridized carbons (Fsp3) is 0.552. The van der Waals surface area contributed by atoms with Gasteiger partial charge in [-0.05, 0) is 68.7 Å². The molecule has 0 saturated carbocycles. The number of piperidine rings is 1. The number of nitrogens with one attached hydrogen (secondary N) is 1. The summed E-state index contributed by atoms with van der Waals surface area (Å²) in [6, 6.07) is 16.1. The van der Waals surface area contributed by atoms with E-state index in [1.807, 2.05) is 23.1 Å². The summed E-state index contributed by atoms with van der Waals surface area (Å²) < 4.78 is 0. The molecule has 3 heterocycles. The van der Waals surface area contributed by atoms with Gasteiger partial charge in [0.25, 0.3) is 0 Å². The lowest BCUT2D eigenvalue weighted by atomic mass is 9.80. The normalized spacial score (nSPS) is 20.4. The molecule has 1 aromatic heterocycles. The van der Waals surface area contributed by atoms with Crippen LogP contribution >= 0.6 is 0 Å². The quantitative estimate of drug-likeness (QED) is 0.529. The third-order valence-electron chi connectivity index (χ3n) is 7.55. The van der Waals surface area contributed by atoms with Gasteiger partial charge in [-0.3, -0.25) is 14.6 Å². The lowest BCUT2D eigenvalue weighted by Crippen LogP contribution is -2.73. The molecule has 0 radical (unpaired) electrons. The molecule has 2 aliphatic heterocycles. The van der Waals surface area contributed by atoms with E-state index in [9.17, 15) is 9.59 Å². The first-order valence-electron chi connectivity index (χ1n) is 13.3. The molecule has 4 rings (SSSR count). The highest BCUT2D eigenvalue weighted by Gasteiger charge is 2.53. The van der Waals surface area contributed by atoms with E-state index in [4.69, 9.17) is 0 Å². The van der Waals surface area contributed by atoms with Gasteiger partial charge in [0.05, 0.1) is 0 Å². The molecule has 1 spiro atoms. The van der Waals surface area contributed by atoms with Crippen LogP contribution in [0.4, 0.5) is 0 Å². The molecule has 6 nitrogen and oxygen atoms in total. The van der Waals surface area contributed by atoms with Crippen molar-refractivity contribution in [3.8, 4) is 0 Å². The van der Waals surface area contributed by atoms with Gasteiger partial charge in [-0.25, -0.2) is 0 Å². The average molecular weight is 477 g/mol. The standard InChI is InChI=1S/C29H40N4O2/c1-23(2)22-26-27(34)33(19-14-25-13-6-8-17-30-25)29(28(35)31-26)15-20-32(21-16-29)18-9-7-12-24-10-4-3-5-11-24/h3-6,8,10-11,13,17,23,26H,7,9,12,14-16,18-22H2,1-2H3,(H,31,35)/t26-/m0/s1. The van der Waals surface area contributed by atoms with Gasteiger partial charge in [-0.2, -0.15) is 0 Å². The van der Waals surface area contributed by atoms with E-state index in [1.54, 1.807) is 6.20 Å². The summed E-state index contributed by atoms with van der Waals surface area (Å²) in [5.41, 5.74) is 1.61. The van der Waals surface area contributed by atoms with Gasteiger partial charge >= 0.3 is 0 Å². The van der Waals surface area contributed by atoms with Crippen LogP contribution in [0.25, 0.3) is 0 Å². The summed E-state index contributed by atoms with van der Waals surface area (Å²) in [6.45, 7) is 7.47. The molecule has 2 aromatic rings. The van der Waals surface area contributed by atoms with Crippen molar-refractivity contribution < 1.29 is 9.59 Å². The molecule has 2 amide bonds. The first-order valence-corrected chi connectivity index (χ1v) is 13.3. The van der Waals surface area contributed by atoms with Crippen molar-refractivity contribution in [2.45, 2.75) is 70.4 Å². The number of aromatic nitrogens is 1. The molecule has 0 aliphatic carbocycles. The van der Waals surface area contributed by atoms with Crippen LogP contribution in [0.5, 0.6) is 0 Å². The highest BCUT2D eigenvalue weighted by atomic mass is 16.2. The van der Waals surface area contributed by atoms with Crippen molar-refractivity contribution in [3.05, 3.63) is 66.0 Å². The number of piperazine rings is 1. The number of rotatable bonds is 10. The zero-order valence-electron chi connectivity index (χ0n) is 21.3. The fourth-order valence-corrected chi connectivity index (χ4v) is 5.56. The third-order valence-corrected chi connectivity index (χ3v) is 7.55. The Labute approximate surface area is 210 Å². The van der Waals surface area contributed by atoms with Crippen molar-refractivity contribution in [1.29, 1.82) is 0 Å². The van der Waals surface area contributed by atoms with Crippen molar-refractivity contribution in [1.82, 2.24) is 20.1 Å². The third kappa shape index (κ3) is 6.29. The van der Waals surface area contributed by atoms with Crippen molar-refractivity contribution in [3.63, 3.8) is 0 Å². The Morgan fingerprint density at radius 3 is 2.40 bits per heavy atom. The molecule has 0 bridgehead atoms. The predicted molar refractivity (Wildman–Crippen MR) is 139 cm³/mol. The largest absolute Gasteiger partial charge is 0.342 e. The zero-order valence-corrected chi connectivity index (χ0v) is 21.3. The van der Waals surface area contributed by atoms with Crippen LogP contribution in [0.15, 0.2) is 54.7 Å². The molecule has 0 unspecified atom stereocenters. The van der Waals surface area contributed by atoms with E-state index >= 15 is 0 Å². The van der Waals surface area contributed by atoms with Crippen LogP contribution in [0.3, 0.4) is 0 Å². The molecule has 188 valence electrons. The topological polar surface area (TPSA) is 65.5 Å². The Morgan fingerprint density at radius 2 is 1.71 bits per heavy atom. The van der Waals surface area contributed by atoms with Crippen molar-refractivity contribution in [2.75, 3.05) is 26.2 Å². The molecule has 1 aromatic carbocycles. The number of amides is 2. The number of hydrogen-bond acceptors (Lipinski definition) is 4. The molecule has 2 fully saturated rings. The van der Waals surface area contributed by atoms with E-state index in [1.165, 1.54) is 5.56 Å². The number of carbonyl (C=O) groups is 2. The highest BCUT2D eigenvalue weighted by Crippen LogP contribution is 2.34. The maximum atomic E-state index is 13.6. The Bertz CT molecular complexity index is 955. The summed E-state index contributed by atoms with van der Waals surface area (Å²) in [4.78, 5) is 35.9. The summed E-state index contributed by atoms with van der Waals surface area (Å²) in [6.07, 6.45) is 7.93. The summed E-state index contributed by atoms with van der Waals surface area (Å²) in [5, 5.41) is 3.11. The number of hydrogen-bond donors (Lipinski definition) is 1. The van der Waals surface area contributed by atoms with E-state index in [2.05, 4.69) is 59.4 Å². The maximum Gasteiger partial charge on any atom is 0.246 e. The smallest absolute Gasteiger partial charge is 0.246 e. The maximum absolute atomic E-state index is 13.6. The number of benzene rings is 1. The molecule has 2 aliphatic rings. The SMILES string of the molecule is CC(C)C[C@@H]1NC(=O)C2(CCN(CCCCc3ccccc3)CC2)N(CCc2ccccn2)C1=O. The van der Waals surface area contributed by atoms with Crippen molar-refractivity contribution >= 4 is 11.8 Å². The van der Waals surface area contributed by atoms with Gasteiger partial charge in [0.2, 0.25) is 11.8 Å². The van der Waals surface area contributed by atoms with E-state index in [-0.39, 0.29) is 11.8 Å². The van der Waals surface area contributed by atoms with E-state index in [0.29, 0.717) is 38.1 Å². The van der Waals surface area contributed by atoms with Crippen LogP contribution in [0.2, 0.25) is 0 Å². The first-order chi connectivity index (χ1) is 17.0. The second-order valence-corrected chi connectivity index (χ2v) is 10.5. The number of carbonyl (C=O) groups excluding carboxylic acids is 2. The monoisotopic (exact) mass is 476 g/mol. The van der Waals surface area contributed by atoms with E-state index in [0.717, 1.165) is 44.6 Å². The van der Waals surface area contributed by atoms with Gasteiger partial charge < -0.3 is 15.1 Å². The minimum absolute atomic E-state index is 0.0347. The number of likely N-dealkylation sites (tertiary alicyclic amines) is 1. The lowest BCUT2D eigenvalue weighted by molar-refractivity contribution is -0.161. The Morgan fingerprint density at radius 1 is 0.971 bits per heavy atom. The van der Waals surface area contributed by atoms with Crippen LogP contribution in [0.1, 0.15) is 57.2 Å². The highest BCUT2D eigenvalue weighted by molar-refractivity contribution is 6.00. The molecule has 6 heteroatoms. The Kier molecular flexibility index (Phi) is 8.55. The first kappa shape index (κ1) is 25.4. The fourth-order valence-electron chi connectivity index (χ4n) is 5.56. The molecule has 35 heavy (non-hydrogen) atoms. The number of aryl methyl sites for hydroxylation is 1. The van der Waals surface area contributed by atoms with Crippen LogP contribution in [-0.2, 0) is 22.4 Å². The lowest BCUT2D eigenvalue weighted by Gasteiger charge is -2.52. The van der Waals surface area contributed by atoms with Crippen LogP contribution < -0.4 is 5.32 Å². The van der Waals surface area contributed by atoms with Crippen molar-refractivity contribution in [2.24, 2.45) is 5.92 Å². The number of nitrogens with zero attached hydrogens (tertiary/aromatic N) is 3. The summed E-state index contributed by atoms with van der Waals surface area (Å²) >= 11 is 0. The molecular weight excluding hydrogens is 436 g/mol. The van der Waals surface area contributed by atoms with Gasteiger partial charge in [-0.1, -0.05) is 50.2 Å². The van der Waals surface area contributed by atoms with Gasteiger partial charge in [0.1, 0.15) is 11.6 Å². The summed E-state index contributed by atoms with van der Waals surface area (Å²) in [5.74, 6) is 0.451. The summed E-state index contributed by atoms with van der Waals surface area (Å²) in [7, 11) is 0. The zero-order chi connectivity index (χ0) is 24.7. The Hall–Kier alpha value is -2.73. The molecule has 1 atom stereocenters. The van der Waals surface area contributed by atoms with Gasteiger partial charge in [0.15, 0.2) is 0 Å². The van der Waals surface area contributed by atoms with Gasteiger partial charge in [-0.15, -0.1) is 0 Å². The van der Waals surface area contributed by atoms with E-state index < -0.39 is 11.6 Å². The number of pyridine rings is 1. The molecule has 2 saturated heterocycles.